The van der Waals surface area contributed by atoms with Crippen LogP contribution in [0.2, 0.25) is 0 Å². The molecule has 0 saturated carbocycles. The molecule has 0 aliphatic carbocycles. The van der Waals surface area contributed by atoms with Crippen molar-refractivity contribution in [2.45, 2.75) is 25.5 Å². The Hall–Kier alpha value is -3.52. The molecule has 3 heterocycles. The summed E-state index contributed by atoms with van der Waals surface area (Å²) >= 11 is 0. The zero-order valence-corrected chi connectivity index (χ0v) is 16.5. The topological polar surface area (TPSA) is 91.2 Å². The Morgan fingerprint density at radius 1 is 1.27 bits per heavy atom. The van der Waals surface area contributed by atoms with E-state index in [9.17, 15) is 4.79 Å². The minimum Gasteiger partial charge on any atom is -0.497 e. The second-order valence-electron chi connectivity index (χ2n) is 7.32. The van der Waals surface area contributed by atoms with Crippen LogP contribution in [0.5, 0.6) is 5.75 Å². The fourth-order valence-corrected chi connectivity index (χ4v) is 3.83. The van der Waals surface area contributed by atoms with Gasteiger partial charge in [0.15, 0.2) is 0 Å². The average molecular weight is 403 g/mol. The van der Waals surface area contributed by atoms with E-state index in [4.69, 9.17) is 9.47 Å². The number of anilines is 1. The van der Waals surface area contributed by atoms with Crippen LogP contribution in [0.4, 0.5) is 5.69 Å². The minimum atomic E-state index is -0.208. The number of rotatable bonds is 5. The fraction of sp³-hybridized carbons (Fsp3) is 0.273. The standard InChI is InChI=1S/C22H21N5O3/c1-29-16-5-2-4-15(11-16)24-22(28)14-7-8-19-18(10-14)20-21(26-25-19)23-13-27(20)12-17-6-3-9-30-17/h2,4-5,7-8,10-11,13,17H,3,6,9,12H2,1H3,(H,24,28). The van der Waals surface area contributed by atoms with Crippen molar-refractivity contribution >= 4 is 33.7 Å². The highest BCUT2D eigenvalue weighted by Crippen LogP contribution is 2.25. The summed E-state index contributed by atoms with van der Waals surface area (Å²) in [7, 11) is 1.59. The lowest BCUT2D eigenvalue weighted by atomic mass is 10.1. The lowest BCUT2D eigenvalue weighted by Gasteiger charge is -2.12. The maximum Gasteiger partial charge on any atom is 0.255 e. The molecule has 152 valence electrons. The molecule has 1 aliphatic heterocycles. The third-order valence-electron chi connectivity index (χ3n) is 5.34. The predicted molar refractivity (Wildman–Crippen MR) is 113 cm³/mol. The highest BCUT2D eigenvalue weighted by atomic mass is 16.5. The van der Waals surface area contributed by atoms with E-state index in [0.717, 1.165) is 35.9 Å². The average Bonchev–Trinajstić information content (AvgIpc) is 3.44. The monoisotopic (exact) mass is 403 g/mol. The van der Waals surface area contributed by atoms with Crippen molar-refractivity contribution in [2.24, 2.45) is 0 Å². The number of hydrogen-bond donors (Lipinski definition) is 1. The molecule has 2 aromatic carbocycles. The summed E-state index contributed by atoms with van der Waals surface area (Å²) in [5, 5.41) is 12.2. The largest absolute Gasteiger partial charge is 0.497 e. The first-order valence-corrected chi connectivity index (χ1v) is 9.89. The number of nitrogens with zero attached hydrogens (tertiary/aromatic N) is 4. The van der Waals surface area contributed by atoms with Crippen LogP contribution in [-0.2, 0) is 11.3 Å². The second-order valence-corrected chi connectivity index (χ2v) is 7.32. The van der Waals surface area contributed by atoms with Gasteiger partial charge in [-0.15, -0.1) is 10.2 Å². The number of amides is 1. The van der Waals surface area contributed by atoms with Crippen molar-refractivity contribution in [1.29, 1.82) is 0 Å². The van der Waals surface area contributed by atoms with Crippen LogP contribution in [0, 0.1) is 0 Å². The van der Waals surface area contributed by atoms with Crippen molar-refractivity contribution in [3.05, 3.63) is 54.4 Å². The lowest BCUT2D eigenvalue weighted by molar-refractivity contribution is 0.0979. The number of nitrogens with one attached hydrogen (secondary N) is 1. The number of ether oxygens (including phenoxy) is 2. The molecule has 0 bridgehead atoms. The van der Waals surface area contributed by atoms with Gasteiger partial charge in [0.05, 0.1) is 37.1 Å². The van der Waals surface area contributed by atoms with Crippen LogP contribution in [-0.4, -0.2) is 45.5 Å². The van der Waals surface area contributed by atoms with Gasteiger partial charge in [0.2, 0.25) is 5.65 Å². The third-order valence-corrected chi connectivity index (χ3v) is 5.34. The number of carbonyl (C=O) groups excluding carboxylic acids is 1. The Labute approximate surface area is 172 Å². The van der Waals surface area contributed by atoms with Crippen LogP contribution < -0.4 is 10.1 Å². The molecule has 4 aromatic rings. The maximum atomic E-state index is 12.9. The predicted octanol–water partition coefficient (Wildman–Crippen LogP) is 3.42. The van der Waals surface area contributed by atoms with Gasteiger partial charge in [-0.25, -0.2) is 4.98 Å². The number of hydrogen-bond acceptors (Lipinski definition) is 6. The van der Waals surface area contributed by atoms with Gasteiger partial charge in [-0.1, -0.05) is 6.07 Å². The fourth-order valence-electron chi connectivity index (χ4n) is 3.83. The number of benzene rings is 2. The number of carbonyl (C=O) groups is 1. The van der Waals surface area contributed by atoms with E-state index in [1.165, 1.54) is 0 Å². The van der Waals surface area contributed by atoms with Gasteiger partial charge >= 0.3 is 0 Å². The summed E-state index contributed by atoms with van der Waals surface area (Å²) in [6.07, 6.45) is 4.05. The lowest BCUT2D eigenvalue weighted by Crippen LogP contribution is -2.14. The molecule has 0 spiro atoms. The summed E-state index contributed by atoms with van der Waals surface area (Å²) < 4.78 is 13.0. The van der Waals surface area contributed by atoms with Crippen LogP contribution in [0.1, 0.15) is 23.2 Å². The van der Waals surface area contributed by atoms with Crippen LogP contribution >= 0.6 is 0 Å². The maximum absolute atomic E-state index is 12.9. The Kier molecular flexibility index (Phi) is 4.76. The minimum absolute atomic E-state index is 0.171. The van der Waals surface area contributed by atoms with Crippen molar-refractivity contribution in [2.75, 3.05) is 19.0 Å². The van der Waals surface area contributed by atoms with Gasteiger partial charge < -0.3 is 19.4 Å². The molecule has 1 atom stereocenters. The first kappa shape index (κ1) is 18.5. The molecule has 8 heteroatoms. The van der Waals surface area contributed by atoms with Crippen LogP contribution in [0.3, 0.4) is 0 Å². The van der Waals surface area contributed by atoms with Crippen molar-refractivity contribution in [3.63, 3.8) is 0 Å². The van der Waals surface area contributed by atoms with E-state index in [2.05, 4.69) is 20.5 Å². The van der Waals surface area contributed by atoms with E-state index in [1.54, 1.807) is 25.6 Å². The van der Waals surface area contributed by atoms with Crippen molar-refractivity contribution in [3.8, 4) is 5.75 Å². The molecule has 1 aliphatic rings. The smallest absolute Gasteiger partial charge is 0.255 e. The zero-order chi connectivity index (χ0) is 20.5. The number of methoxy groups -OCH3 is 1. The molecule has 1 N–H and O–H groups in total. The van der Waals surface area contributed by atoms with E-state index in [-0.39, 0.29) is 12.0 Å². The highest BCUT2D eigenvalue weighted by Gasteiger charge is 2.19. The Morgan fingerprint density at radius 2 is 2.20 bits per heavy atom. The Bertz CT molecular complexity index is 1230. The van der Waals surface area contributed by atoms with Crippen LogP contribution in [0.25, 0.3) is 22.1 Å². The molecular weight excluding hydrogens is 382 g/mol. The quantitative estimate of drug-likeness (QED) is 0.549. The van der Waals surface area contributed by atoms with Gasteiger partial charge in [0, 0.05) is 29.3 Å². The van der Waals surface area contributed by atoms with Crippen molar-refractivity contribution < 1.29 is 14.3 Å². The number of aromatic nitrogens is 4. The Morgan fingerprint density at radius 3 is 3.03 bits per heavy atom. The number of imidazole rings is 1. The van der Waals surface area contributed by atoms with Crippen molar-refractivity contribution in [1.82, 2.24) is 19.7 Å². The summed E-state index contributed by atoms with van der Waals surface area (Å²) in [5.41, 5.74) is 3.34. The summed E-state index contributed by atoms with van der Waals surface area (Å²) in [6.45, 7) is 1.50. The molecule has 0 radical (unpaired) electrons. The van der Waals surface area contributed by atoms with E-state index in [1.807, 2.05) is 34.9 Å². The van der Waals surface area contributed by atoms with Gasteiger partial charge in [0.25, 0.3) is 5.91 Å². The molecule has 30 heavy (non-hydrogen) atoms. The normalized spacial score (nSPS) is 16.2. The molecule has 1 saturated heterocycles. The van der Waals surface area contributed by atoms with Gasteiger partial charge in [-0.05, 0) is 43.2 Å². The van der Waals surface area contributed by atoms with E-state index in [0.29, 0.717) is 29.2 Å². The van der Waals surface area contributed by atoms with Gasteiger partial charge in [-0.2, -0.15) is 0 Å². The van der Waals surface area contributed by atoms with Gasteiger partial charge in [0.1, 0.15) is 5.75 Å². The van der Waals surface area contributed by atoms with Gasteiger partial charge in [-0.3, -0.25) is 4.79 Å². The third kappa shape index (κ3) is 3.46. The summed E-state index contributed by atoms with van der Waals surface area (Å²) in [4.78, 5) is 17.3. The zero-order valence-electron chi connectivity index (χ0n) is 16.5. The SMILES string of the molecule is COc1cccc(NC(=O)c2ccc3nnc4ncn(CC5CCCO5)c4c3c2)c1. The summed E-state index contributed by atoms with van der Waals surface area (Å²) in [6, 6.07) is 12.7. The molecule has 1 fully saturated rings. The van der Waals surface area contributed by atoms with E-state index >= 15 is 0 Å². The van der Waals surface area contributed by atoms with Crippen LogP contribution in [0.15, 0.2) is 48.8 Å². The Balaban J connectivity index is 1.51. The molecule has 8 nitrogen and oxygen atoms in total. The molecule has 5 rings (SSSR count). The first-order chi connectivity index (χ1) is 14.7. The second kappa shape index (κ2) is 7.72. The molecule has 1 unspecified atom stereocenters. The van der Waals surface area contributed by atoms with E-state index < -0.39 is 0 Å². The first-order valence-electron chi connectivity index (χ1n) is 9.89. The molecule has 1 amide bonds. The number of fused-ring (bicyclic) bond motifs is 3. The highest BCUT2D eigenvalue weighted by molar-refractivity contribution is 6.09. The molecular formula is C22H21N5O3. The molecule has 2 aromatic heterocycles. The summed E-state index contributed by atoms with van der Waals surface area (Å²) in [5.74, 6) is 0.474.